The van der Waals surface area contributed by atoms with Crippen LogP contribution in [-0.2, 0) is 10.0 Å². The summed E-state index contributed by atoms with van der Waals surface area (Å²) >= 11 is 1.11. The number of sulfonamides is 1. The monoisotopic (exact) mass is 319 g/mol. The van der Waals surface area contributed by atoms with Gasteiger partial charge in [-0.2, -0.15) is 4.37 Å². The minimum Gasteiger partial charge on any atom is -0.382 e. The van der Waals surface area contributed by atoms with E-state index >= 15 is 0 Å². The molecule has 9 heteroatoms. The molecule has 3 N–H and O–H groups in total. The van der Waals surface area contributed by atoms with E-state index in [1.807, 2.05) is 0 Å². The van der Waals surface area contributed by atoms with E-state index in [0.29, 0.717) is 5.00 Å². The van der Waals surface area contributed by atoms with Crippen molar-refractivity contribution < 1.29 is 8.42 Å². The van der Waals surface area contributed by atoms with Crippen LogP contribution < -0.4 is 11.1 Å². The van der Waals surface area contributed by atoms with Crippen LogP contribution in [0.3, 0.4) is 0 Å². The summed E-state index contributed by atoms with van der Waals surface area (Å²) < 4.78 is 29.7. The number of nitrogens with two attached hydrogens (primary N) is 1. The lowest BCUT2D eigenvalue weighted by atomic mass is 10.1. The van der Waals surface area contributed by atoms with Crippen molar-refractivity contribution in [1.82, 2.24) is 13.6 Å². The normalized spacial score (nSPS) is 18.6. The van der Waals surface area contributed by atoms with Crippen molar-refractivity contribution >= 4 is 32.4 Å². The SMILES string of the molecule is CN1CCC(Nc2snc(N)c2S(=O)(=O)N(C)C)CC1. The van der Waals surface area contributed by atoms with Gasteiger partial charge in [-0.3, -0.25) is 0 Å². The molecule has 0 atom stereocenters. The Morgan fingerprint density at radius 3 is 2.55 bits per heavy atom. The molecule has 0 amide bonds. The maximum Gasteiger partial charge on any atom is 0.249 e. The molecule has 0 aliphatic carbocycles. The number of hydrogen-bond acceptors (Lipinski definition) is 7. The molecule has 1 fully saturated rings. The number of nitrogens with one attached hydrogen (secondary N) is 1. The molecule has 0 radical (unpaired) electrons. The molecule has 1 aliphatic heterocycles. The van der Waals surface area contributed by atoms with Crippen LogP contribution in [0.2, 0.25) is 0 Å². The van der Waals surface area contributed by atoms with Gasteiger partial charge in [0.05, 0.1) is 0 Å². The van der Waals surface area contributed by atoms with E-state index in [0.717, 1.165) is 41.8 Å². The largest absolute Gasteiger partial charge is 0.382 e. The first-order valence-corrected chi connectivity index (χ1v) is 8.66. The van der Waals surface area contributed by atoms with E-state index < -0.39 is 10.0 Å². The topological polar surface area (TPSA) is 91.6 Å². The first kappa shape index (κ1) is 15.5. The Hall–Kier alpha value is -0.900. The van der Waals surface area contributed by atoms with Crippen LogP contribution in [0, 0.1) is 0 Å². The molecule has 0 unspecified atom stereocenters. The number of piperidine rings is 1. The molecular formula is C11H21N5O2S2. The van der Waals surface area contributed by atoms with E-state index in [4.69, 9.17) is 5.73 Å². The van der Waals surface area contributed by atoms with Crippen molar-refractivity contribution in [2.45, 2.75) is 23.8 Å². The van der Waals surface area contributed by atoms with E-state index in [9.17, 15) is 8.42 Å². The molecule has 0 aromatic carbocycles. The molecule has 114 valence electrons. The molecule has 20 heavy (non-hydrogen) atoms. The Morgan fingerprint density at radius 2 is 2.00 bits per heavy atom. The van der Waals surface area contributed by atoms with E-state index in [1.165, 1.54) is 14.1 Å². The van der Waals surface area contributed by atoms with Crippen LogP contribution in [-0.4, -0.2) is 62.3 Å². The average Bonchev–Trinajstić information content (AvgIpc) is 2.73. The molecule has 0 saturated carbocycles. The quantitative estimate of drug-likeness (QED) is 0.839. The highest BCUT2D eigenvalue weighted by atomic mass is 32.2. The number of anilines is 2. The number of aromatic nitrogens is 1. The van der Waals surface area contributed by atoms with Crippen LogP contribution in [0.4, 0.5) is 10.8 Å². The predicted octanol–water partition coefficient (Wildman–Crippen LogP) is 0.482. The number of hydrogen-bond donors (Lipinski definition) is 2. The van der Waals surface area contributed by atoms with Gasteiger partial charge in [-0.15, -0.1) is 0 Å². The van der Waals surface area contributed by atoms with Crippen molar-refractivity contribution in [2.24, 2.45) is 0 Å². The highest BCUT2D eigenvalue weighted by Gasteiger charge is 2.29. The van der Waals surface area contributed by atoms with Gasteiger partial charge < -0.3 is 16.0 Å². The smallest absolute Gasteiger partial charge is 0.249 e. The number of rotatable bonds is 4. The molecule has 0 bridgehead atoms. The maximum absolute atomic E-state index is 12.3. The lowest BCUT2D eigenvalue weighted by molar-refractivity contribution is 0.264. The Bertz CT molecular complexity index is 561. The molecule has 1 aliphatic rings. The Morgan fingerprint density at radius 1 is 1.40 bits per heavy atom. The average molecular weight is 319 g/mol. The highest BCUT2D eigenvalue weighted by Crippen LogP contribution is 2.34. The van der Waals surface area contributed by atoms with Gasteiger partial charge in [-0.1, -0.05) is 0 Å². The third-order valence-corrected chi connectivity index (χ3v) is 6.28. The Kier molecular flexibility index (Phi) is 4.52. The third-order valence-electron chi connectivity index (χ3n) is 3.47. The highest BCUT2D eigenvalue weighted by molar-refractivity contribution is 7.89. The molecule has 7 nitrogen and oxygen atoms in total. The lowest BCUT2D eigenvalue weighted by Crippen LogP contribution is -2.37. The van der Waals surface area contributed by atoms with Gasteiger partial charge in [0.25, 0.3) is 0 Å². The van der Waals surface area contributed by atoms with Gasteiger partial charge in [0.1, 0.15) is 5.00 Å². The minimum atomic E-state index is -3.57. The van der Waals surface area contributed by atoms with Gasteiger partial charge in [0, 0.05) is 20.1 Å². The fourth-order valence-corrected chi connectivity index (χ4v) is 4.30. The third kappa shape index (κ3) is 3.05. The summed E-state index contributed by atoms with van der Waals surface area (Å²) in [5.41, 5.74) is 5.74. The molecule has 2 heterocycles. The fourth-order valence-electron chi connectivity index (χ4n) is 2.16. The molecular weight excluding hydrogens is 298 g/mol. The molecule has 1 aromatic rings. The summed E-state index contributed by atoms with van der Waals surface area (Å²) in [4.78, 5) is 2.36. The van der Waals surface area contributed by atoms with Gasteiger partial charge >= 0.3 is 0 Å². The minimum absolute atomic E-state index is 0.0686. The van der Waals surface area contributed by atoms with Crippen LogP contribution >= 0.6 is 11.5 Å². The number of nitrogens with zero attached hydrogens (tertiary/aromatic N) is 3. The number of likely N-dealkylation sites (tertiary alicyclic amines) is 1. The van der Waals surface area contributed by atoms with Crippen molar-refractivity contribution in [1.29, 1.82) is 0 Å². The molecule has 1 saturated heterocycles. The lowest BCUT2D eigenvalue weighted by Gasteiger charge is -2.29. The maximum atomic E-state index is 12.3. The zero-order chi connectivity index (χ0) is 14.9. The Balaban J connectivity index is 2.22. The summed E-state index contributed by atoms with van der Waals surface area (Å²) in [6, 6.07) is 0.266. The first-order chi connectivity index (χ1) is 9.32. The van der Waals surface area contributed by atoms with Crippen LogP contribution in [0.1, 0.15) is 12.8 Å². The van der Waals surface area contributed by atoms with Gasteiger partial charge in [-0.25, -0.2) is 12.7 Å². The van der Waals surface area contributed by atoms with Crippen molar-refractivity contribution in [3.8, 4) is 0 Å². The molecule has 1 aromatic heterocycles. The zero-order valence-electron chi connectivity index (χ0n) is 12.0. The molecule has 2 rings (SSSR count). The fraction of sp³-hybridized carbons (Fsp3) is 0.727. The van der Waals surface area contributed by atoms with Crippen LogP contribution in [0.15, 0.2) is 4.90 Å². The summed E-state index contributed by atoms with van der Waals surface area (Å²) in [5, 5.41) is 3.84. The van der Waals surface area contributed by atoms with Crippen molar-refractivity contribution in [2.75, 3.05) is 45.3 Å². The van der Waals surface area contributed by atoms with Crippen molar-refractivity contribution in [3.63, 3.8) is 0 Å². The second kappa shape index (κ2) is 5.84. The van der Waals surface area contributed by atoms with E-state index in [2.05, 4.69) is 21.6 Å². The van der Waals surface area contributed by atoms with E-state index in [-0.39, 0.29) is 16.8 Å². The standard InChI is InChI=1S/C11H21N5O2S2/c1-15(2)20(17,18)9-10(12)14-19-11(9)13-8-4-6-16(3)7-5-8/h8,13H,4-7H2,1-3H3,(H2,12,14). The van der Waals surface area contributed by atoms with Gasteiger partial charge in [0.2, 0.25) is 10.0 Å². The number of nitrogen functional groups attached to an aromatic ring is 1. The van der Waals surface area contributed by atoms with Crippen LogP contribution in [0.5, 0.6) is 0 Å². The second-order valence-electron chi connectivity index (χ2n) is 5.24. The van der Waals surface area contributed by atoms with E-state index in [1.54, 1.807) is 0 Å². The summed E-state index contributed by atoms with van der Waals surface area (Å²) in [7, 11) is 1.50. The summed E-state index contributed by atoms with van der Waals surface area (Å²) in [5.74, 6) is 0.0686. The van der Waals surface area contributed by atoms with Gasteiger partial charge in [0.15, 0.2) is 10.7 Å². The Labute approximate surface area is 124 Å². The zero-order valence-corrected chi connectivity index (χ0v) is 13.6. The van der Waals surface area contributed by atoms with Crippen molar-refractivity contribution in [3.05, 3.63) is 0 Å². The van der Waals surface area contributed by atoms with Gasteiger partial charge in [-0.05, 0) is 44.5 Å². The summed E-state index contributed by atoms with van der Waals surface area (Å²) in [6.07, 6.45) is 1.96. The first-order valence-electron chi connectivity index (χ1n) is 6.45. The summed E-state index contributed by atoms with van der Waals surface area (Å²) in [6.45, 7) is 2.00. The second-order valence-corrected chi connectivity index (χ2v) is 8.10. The van der Waals surface area contributed by atoms with Crippen LogP contribution in [0.25, 0.3) is 0 Å². The predicted molar refractivity (Wildman–Crippen MR) is 81.5 cm³/mol. The molecule has 0 spiro atoms.